The van der Waals surface area contributed by atoms with Crippen molar-refractivity contribution < 1.29 is 9.59 Å². The van der Waals surface area contributed by atoms with E-state index in [0.717, 1.165) is 0 Å². The summed E-state index contributed by atoms with van der Waals surface area (Å²) >= 11 is 0. The van der Waals surface area contributed by atoms with E-state index < -0.39 is 6.04 Å². The number of carbonyl (C=O) groups excluding carboxylic acids is 2. The summed E-state index contributed by atoms with van der Waals surface area (Å²) in [5, 5.41) is 0. The number of hydrogen-bond donors (Lipinski definition) is 0. The van der Waals surface area contributed by atoms with Gasteiger partial charge in [-0.2, -0.15) is 0 Å². The molecule has 1 atom stereocenters. The third kappa shape index (κ3) is 1.89. The summed E-state index contributed by atoms with van der Waals surface area (Å²) in [5.74, 6) is 1.76. The van der Waals surface area contributed by atoms with Gasteiger partial charge in [0.1, 0.15) is 5.69 Å². The molecule has 0 bridgehead atoms. The normalized spacial score (nSPS) is 14.8. The monoisotopic (exact) mass is 277 g/mol. The fourth-order valence-electron chi connectivity index (χ4n) is 2.45. The van der Waals surface area contributed by atoms with Crippen LogP contribution in [0.25, 0.3) is 0 Å². The zero-order valence-corrected chi connectivity index (χ0v) is 11.3. The first-order valence-electron chi connectivity index (χ1n) is 6.39. The lowest BCUT2D eigenvalue weighted by atomic mass is 10.1. The van der Waals surface area contributed by atoms with E-state index in [0.29, 0.717) is 22.5 Å². The Morgan fingerprint density at radius 1 is 1.10 bits per heavy atom. The largest absolute Gasteiger partial charge is 0.269 e. The standard InChI is InChI=1S/C16H11N3O2/c1-3-13-14(18-9-8-17-13)10(2)19-15(20)11-6-4-5-7-12(11)16(19)21/h1,4-10H,2H3. The molecule has 0 saturated carbocycles. The number of hydrogen-bond acceptors (Lipinski definition) is 4. The minimum Gasteiger partial charge on any atom is -0.269 e. The van der Waals surface area contributed by atoms with Crippen molar-refractivity contribution in [3.05, 3.63) is 59.2 Å². The Morgan fingerprint density at radius 3 is 2.24 bits per heavy atom. The average molecular weight is 277 g/mol. The fourth-order valence-corrected chi connectivity index (χ4v) is 2.45. The third-order valence-corrected chi connectivity index (χ3v) is 3.47. The average Bonchev–Trinajstić information content (AvgIpc) is 2.78. The van der Waals surface area contributed by atoms with E-state index in [1.165, 1.54) is 17.3 Å². The molecule has 0 saturated heterocycles. The Bertz CT molecular complexity index is 757. The predicted octanol–water partition coefficient (Wildman–Crippen LogP) is 1.82. The lowest BCUT2D eigenvalue weighted by Crippen LogP contribution is -2.33. The van der Waals surface area contributed by atoms with Gasteiger partial charge in [-0.15, -0.1) is 6.42 Å². The molecular formula is C16H11N3O2. The van der Waals surface area contributed by atoms with Gasteiger partial charge in [0.05, 0.1) is 22.9 Å². The molecule has 1 aliphatic rings. The van der Waals surface area contributed by atoms with Crippen LogP contribution in [-0.2, 0) is 0 Å². The van der Waals surface area contributed by atoms with Crippen molar-refractivity contribution in [3.8, 4) is 12.3 Å². The Kier molecular flexibility index (Phi) is 2.99. The molecule has 0 spiro atoms. The van der Waals surface area contributed by atoms with Gasteiger partial charge in [-0.05, 0) is 25.0 Å². The van der Waals surface area contributed by atoms with E-state index in [1.807, 2.05) is 0 Å². The number of nitrogens with zero attached hydrogens (tertiary/aromatic N) is 3. The molecular weight excluding hydrogens is 266 g/mol. The van der Waals surface area contributed by atoms with Gasteiger partial charge >= 0.3 is 0 Å². The second-order valence-corrected chi connectivity index (χ2v) is 4.64. The smallest absolute Gasteiger partial charge is 0.262 e. The van der Waals surface area contributed by atoms with Gasteiger partial charge in [-0.3, -0.25) is 19.5 Å². The molecule has 0 fully saturated rings. The maximum atomic E-state index is 12.4. The Labute approximate surface area is 121 Å². The molecule has 1 aliphatic heterocycles. The summed E-state index contributed by atoms with van der Waals surface area (Å²) in [6.07, 6.45) is 8.37. The maximum Gasteiger partial charge on any atom is 0.262 e. The fraction of sp³-hybridized carbons (Fsp3) is 0.125. The Hall–Kier alpha value is -3.00. The number of imide groups is 1. The predicted molar refractivity (Wildman–Crippen MR) is 75.3 cm³/mol. The van der Waals surface area contributed by atoms with Gasteiger partial charge < -0.3 is 0 Å². The highest BCUT2D eigenvalue weighted by Crippen LogP contribution is 2.30. The van der Waals surface area contributed by atoms with E-state index in [9.17, 15) is 9.59 Å². The van der Waals surface area contributed by atoms with Crippen molar-refractivity contribution in [3.63, 3.8) is 0 Å². The van der Waals surface area contributed by atoms with Crippen LogP contribution in [0.4, 0.5) is 0 Å². The second-order valence-electron chi connectivity index (χ2n) is 4.64. The molecule has 21 heavy (non-hydrogen) atoms. The highest BCUT2D eigenvalue weighted by Gasteiger charge is 2.39. The first kappa shape index (κ1) is 13.0. The molecule has 2 amide bonds. The lowest BCUT2D eigenvalue weighted by Gasteiger charge is -2.22. The van der Waals surface area contributed by atoms with Crippen molar-refractivity contribution in [2.45, 2.75) is 13.0 Å². The van der Waals surface area contributed by atoms with Crippen LogP contribution in [0, 0.1) is 12.3 Å². The summed E-state index contributed by atoms with van der Waals surface area (Å²) in [4.78, 5) is 34.2. The quantitative estimate of drug-likeness (QED) is 0.620. The van der Waals surface area contributed by atoms with Gasteiger partial charge in [0.25, 0.3) is 11.8 Å². The van der Waals surface area contributed by atoms with Crippen LogP contribution in [0.2, 0.25) is 0 Å². The molecule has 2 heterocycles. The van der Waals surface area contributed by atoms with Crippen LogP contribution in [0.5, 0.6) is 0 Å². The molecule has 1 unspecified atom stereocenters. The molecule has 5 heteroatoms. The summed E-state index contributed by atoms with van der Waals surface area (Å²) in [6, 6.07) is 6.17. The van der Waals surface area contributed by atoms with Crippen LogP contribution in [-0.4, -0.2) is 26.7 Å². The van der Waals surface area contributed by atoms with Crippen LogP contribution < -0.4 is 0 Å². The number of rotatable bonds is 2. The van der Waals surface area contributed by atoms with Crippen molar-refractivity contribution >= 4 is 11.8 Å². The van der Waals surface area contributed by atoms with E-state index >= 15 is 0 Å². The molecule has 1 aromatic carbocycles. The Morgan fingerprint density at radius 2 is 1.67 bits per heavy atom. The SMILES string of the molecule is C#Cc1nccnc1C(C)N1C(=O)c2ccccc2C1=O. The van der Waals surface area contributed by atoms with Crippen LogP contribution in [0.15, 0.2) is 36.7 Å². The van der Waals surface area contributed by atoms with Crippen LogP contribution in [0.1, 0.15) is 45.1 Å². The van der Waals surface area contributed by atoms with Crippen molar-refractivity contribution in [1.82, 2.24) is 14.9 Å². The van der Waals surface area contributed by atoms with Gasteiger partial charge in [0.2, 0.25) is 0 Å². The van der Waals surface area contributed by atoms with Crippen LogP contribution in [0.3, 0.4) is 0 Å². The lowest BCUT2D eigenvalue weighted by molar-refractivity contribution is 0.0592. The first-order chi connectivity index (χ1) is 10.1. The minimum atomic E-state index is -0.572. The van der Waals surface area contributed by atoms with Crippen molar-refractivity contribution in [2.75, 3.05) is 0 Å². The zero-order chi connectivity index (χ0) is 15.0. The molecule has 0 N–H and O–H groups in total. The highest BCUT2D eigenvalue weighted by atomic mass is 16.2. The number of carbonyl (C=O) groups is 2. The summed E-state index contributed by atoms with van der Waals surface area (Å²) in [7, 11) is 0. The van der Waals surface area contributed by atoms with Crippen molar-refractivity contribution in [1.29, 1.82) is 0 Å². The molecule has 0 aliphatic carbocycles. The molecule has 0 radical (unpaired) electrons. The summed E-state index contributed by atoms with van der Waals surface area (Å²) in [5.41, 5.74) is 1.58. The topological polar surface area (TPSA) is 63.2 Å². The molecule has 5 nitrogen and oxygen atoms in total. The molecule has 2 aromatic rings. The van der Waals surface area contributed by atoms with Gasteiger partial charge in [0, 0.05) is 12.4 Å². The first-order valence-corrected chi connectivity index (χ1v) is 6.39. The van der Waals surface area contributed by atoms with Crippen LogP contribution >= 0.6 is 0 Å². The molecule has 1 aromatic heterocycles. The Balaban J connectivity index is 2.05. The van der Waals surface area contributed by atoms with Crippen molar-refractivity contribution in [2.24, 2.45) is 0 Å². The number of terminal acetylenes is 1. The summed E-state index contributed by atoms with van der Waals surface area (Å²) < 4.78 is 0. The number of benzene rings is 1. The van der Waals surface area contributed by atoms with Gasteiger partial charge in [-0.1, -0.05) is 12.1 Å². The zero-order valence-electron chi connectivity index (χ0n) is 11.3. The number of aromatic nitrogens is 2. The maximum absolute atomic E-state index is 12.4. The summed E-state index contributed by atoms with van der Waals surface area (Å²) in [6.45, 7) is 1.71. The second kappa shape index (κ2) is 4.84. The minimum absolute atomic E-state index is 0.335. The van der Waals surface area contributed by atoms with Gasteiger partial charge in [-0.25, -0.2) is 4.98 Å². The molecule has 3 rings (SSSR count). The number of fused-ring (bicyclic) bond motifs is 1. The van der Waals surface area contributed by atoms with E-state index in [4.69, 9.17) is 6.42 Å². The third-order valence-electron chi connectivity index (χ3n) is 3.47. The molecule has 102 valence electrons. The van der Waals surface area contributed by atoms with E-state index in [1.54, 1.807) is 31.2 Å². The number of amides is 2. The highest BCUT2D eigenvalue weighted by molar-refractivity contribution is 6.21. The van der Waals surface area contributed by atoms with E-state index in [2.05, 4.69) is 15.9 Å². The van der Waals surface area contributed by atoms with Gasteiger partial charge in [0.15, 0.2) is 0 Å². The van der Waals surface area contributed by atoms with E-state index in [-0.39, 0.29) is 11.8 Å².